The number of aromatic amines is 1. The van der Waals surface area contributed by atoms with Gasteiger partial charge in [0.25, 0.3) is 0 Å². The average Bonchev–Trinajstić information content (AvgIpc) is 2.95. The van der Waals surface area contributed by atoms with Crippen molar-refractivity contribution in [3.05, 3.63) is 59.7 Å². The Hall–Kier alpha value is -2.49. The largest absolute Gasteiger partial charge is 0.294 e. The van der Waals surface area contributed by atoms with Crippen molar-refractivity contribution in [2.75, 3.05) is 0 Å². The van der Waals surface area contributed by atoms with E-state index in [9.17, 15) is 4.79 Å². The van der Waals surface area contributed by atoms with Crippen LogP contribution in [0.25, 0.3) is 11.0 Å². The van der Waals surface area contributed by atoms with Crippen molar-refractivity contribution in [2.24, 2.45) is 0 Å². The Labute approximate surface area is 110 Å². The minimum atomic E-state index is -0.240. The Kier molecular flexibility index (Phi) is 2.83. The van der Waals surface area contributed by atoms with E-state index in [0.717, 1.165) is 22.2 Å². The third kappa shape index (κ3) is 2.01. The predicted molar refractivity (Wildman–Crippen MR) is 73.1 cm³/mol. The number of hydrogen-bond acceptors (Lipinski definition) is 3. The zero-order valence-electron chi connectivity index (χ0n) is 10.5. The Bertz CT molecular complexity index is 718. The van der Waals surface area contributed by atoms with E-state index in [1.165, 1.54) is 0 Å². The molecule has 0 fully saturated rings. The summed E-state index contributed by atoms with van der Waals surface area (Å²) in [6.45, 7) is 1.90. The molecule has 1 atom stereocenters. The zero-order valence-corrected chi connectivity index (χ0v) is 10.5. The maximum atomic E-state index is 12.5. The maximum Gasteiger partial charge on any atom is 0.170 e. The molecule has 1 aromatic heterocycles. The molecule has 2 aromatic carbocycles. The van der Waals surface area contributed by atoms with Crippen molar-refractivity contribution in [3.63, 3.8) is 0 Å². The number of fused-ring (bicyclic) bond motifs is 1. The number of aromatic nitrogens is 3. The lowest BCUT2D eigenvalue weighted by Crippen LogP contribution is -2.10. The van der Waals surface area contributed by atoms with Crippen LogP contribution in [-0.4, -0.2) is 21.2 Å². The molecule has 4 nitrogen and oxygen atoms in total. The number of rotatable bonds is 3. The summed E-state index contributed by atoms with van der Waals surface area (Å²) in [5.74, 6) is -0.146. The van der Waals surface area contributed by atoms with E-state index in [1.54, 1.807) is 0 Å². The fourth-order valence-corrected chi connectivity index (χ4v) is 2.23. The Morgan fingerprint density at radius 2 is 1.84 bits per heavy atom. The molecule has 0 saturated carbocycles. The van der Waals surface area contributed by atoms with Crippen molar-refractivity contribution >= 4 is 16.8 Å². The molecule has 0 radical (unpaired) electrons. The summed E-state index contributed by atoms with van der Waals surface area (Å²) < 4.78 is 0. The van der Waals surface area contributed by atoms with Gasteiger partial charge in [-0.1, -0.05) is 49.4 Å². The number of carbonyl (C=O) groups is 1. The van der Waals surface area contributed by atoms with Gasteiger partial charge in [0, 0.05) is 11.5 Å². The number of carbonyl (C=O) groups excluding carboxylic acids is 1. The minimum absolute atomic E-state index is 0.0936. The van der Waals surface area contributed by atoms with Crippen molar-refractivity contribution in [1.82, 2.24) is 15.4 Å². The molecule has 3 aromatic rings. The fourth-order valence-electron chi connectivity index (χ4n) is 2.23. The molecule has 19 heavy (non-hydrogen) atoms. The highest BCUT2D eigenvalue weighted by molar-refractivity contribution is 6.02. The SMILES string of the molecule is CC(C(=O)c1ccccc1)c1cccc2n[nH]nc12. The van der Waals surface area contributed by atoms with Crippen LogP contribution in [0.1, 0.15) is 28.8 Å². The van der Waals surface area contributed by atoms with Gasteiger partial charge in [-0.3, -0.25) is 4.79 Å². The van der Waals surface area contributed by atoms with Gasteiger partial charge in [-0.05, 0) is 11.6 Å². The van der Waals surface area contributed by atoms with E-state index in [1.807, 2.05) is 55.5 Å². The number of nitrogens with zero attached hydrogens (tertiary/aromatic N) is 2. The first kappa shape index (κ1) is 11.6. The third-order valence-corrected chi connectivity index (χ3v) is 3.30. The number of Topliss-reactive ketones (excluding diaryl/α,β-unsaturated/α-hetero) is 1. The van der Waals surface area contributed by atoms with Crippen LogP contribution in [0.5, 0.6) is 0 Å². The minimum Gasteiger partial charge on any atom is -0.294 e. The number of nitrogens with one attached hydrogen (secondary N) is 1. The lowest BCUT2D eigenvalue weighted by Gasteiger charge is -2.11. The molecule has 0 saturated heterocycles. The molecule has 0 aliphatic rings. The average molecular weight is 251 g/mol. The first-order valence-corrected chi connectivity index (χ1v) is 6.16. The molecule has 4 heteroatoms. The summed E-state index contributed by atoms with van der Waals surface area (Å²) in [7, 11) is 0. The molecule has 1 heterocycles. The van der Waals surface area contributed by atoms with Gasteiger partial charge in [0.2, 0.25) is 0 Å². The van der Waals surface area contributed by atoms with Crippen LogP contribution in [0.2, 0.25) is 0 Å². The fraction of sp³-hybridized carbons (Fsp3) is 0.133. The summed E-state index contributed by atoms with van der Waals surface area (Å²) in [4.78, 5) is 12.5. The molecule has 0 amide bonds. The summed E-state index contributed by atoms with van der Waals surface area (Å²) in [5, 5.41) is 10.8. The van der Waals surface area contributed by atoms with Crippen LogP contribution in [0.4, 0.5) is 0 Å². The summed E-state index contributed by atoms with van der Waals surface area (Å²) in [6, 6.07) is 15.0. The number of para-hydroxylation sites is 1. The van der Waals surface area contributed by atoms with Gasteiger partial charge in [0.15, 0.2) is 5.78 Å². The summed E-state index contributed by atoms with van der Waals surface area (Å²) in [6.07, 6.45) is 0. The van der Waals surface area contributed by atoms with Crippen LogP contribution in [0.3, 0.4) is 0 Å². The Balaban J connectivity index is 2.02. The number of H-pyrrole nitrogens is 1. The molecule has 0 aliphatic carbocycles. The van der Waals surface area contributed by atoms with E-state index < -0.39 is 0 Å². The molecular formula is C15H13N3O. The molecular weight excluding hydrogens is 238 g/mol. The third-order valence-electron chi connectivity index (χ3n) is 3.30. The molecule has 0 aliphatic heterocycles. The molecule has 94 valence electrons. The van der Waals surface area contributed by atoms with Crippen LogP contribution < -0.4 is 0 Å². The van der Waals surface area contributed by atoms with E-state index in [2.05, 4.69) is 15.4 Å². The lowest BCUT2D eigenvalue weighted by atomic mass is 9.91. The van der Waals surface area contributed by atoms with Crippen LogP contribution >= 0.6 is 0 Å². The first-order chi connectivity index (χ1) is 9.27. The van der Waals surface area contributed by atoms with E-state index >= 15 is 0 Å². The smallest absolute Gasteiger partial charge is 0.170 e. The zero-order chi connectivity index (χ0) is 13.2. The van der Waals surface area contributed by atoms with Gasteiger partial charge in [-0.25, -0.2) is 0 Å². The van der Waals surface area contributed by atoms with E-state index in [4.69, 9.17) is 0 Å². The van der Waals surface area contributed by atoms with Gasteiger partial charge >= 0.3 is 0 Å². The topological polar surface area (TPSA) is 58.6 Å². The molecule has 1 unspecified atom stereocenters. The quantitative estimate of drug-likeness (QED) is 0.728. The Morgan fingerprint density at radius 3 is 2.63 bits per heavy atom. The first-order valence-electron chi connectivity index (χ1n) is 6.16. The lowest BCUT2D eigenvalue weighted by molar-refractivity contribution is 0.0966. The normalized spacial score (nSPS) is 12.5. The van der Waals surface area contributed by atoms with Gasteiger partial charge in [-0.15, -0.1) is 0 Å². The second-order valence-corrected chi connectivity index (χ2v) is 4.49. The van der Waals surface area contributed by atoms with E-state index in [-0.39, 0.29) is 11.7 Å². The molecule has 1 N–H and O–H groups in total. The van der Waals surface area contributed by atoms with Gasteiger partial charge in [0.1, 0.15) is 11.0 Å². The Morgan fingerprint density at radius 1 is 1.05 bits per heavy atom. The second-order valence-electron chi connectivity index (χ2n) is 4.49. The van der Waals surface area contributed by atoms with Crippen molar-refractivity contribution < 1.29 is 4.79 Å². The number of ketones is 1. The van der Waals surface area contributed by atoms with Crippen molar-refractivity contribution in [2.45, 2.75) is 12.8 Å². The summed E-state index contributed by atoms with van der Waals surface area (Å²) in [5.41, 5.74) is 3.17. The van der Waals surface area contributed by atoms with Gasteiger partial charge in [-0.2, -0.15) is 15.4 Å². The summed E-state index contributed by atoms with van der Waals surface area (Å²) >= 11 is 0. The standard InChI is InChI=1S/C15H13N3O/c1-10(15(19)11-6-3-2-4-7-11)12-8-5-9-13-14(12)17-18-16-13/h2-10H,1H3,(H,16,17,18). The molecule has 0 spiro atoms. The van der Waals surface area contributed by atoms with Crippen molar-refractivity contribution in [3.8, 4) is 0 Å². The highest BCUT2D eigenvalue weighted by Gasteiger charge is 2.20. The van der Waals surface area contributed by atoms with E-state index in [0.29, 0.717) is 0 Å². The number of hydrogen-bond donors (Lipinski definition) is 1. The number of benzene rings is 2. The second kappa shape index (κ2) is 4.65. The van der Waals surface area contributed by atoms with Crippen LogP contribution in [0, 0.1) is 0 Å². The van der Waals surface area contributed by atoms with Crippen LogP contribution in [-0.2, 0) is 0 Å². The molecule has 3 rings (SSSR count). The maximum absolute atomic E-state index is 12.5. The molecule has 0 bridgehead atoms. The highest BCUT2D eigenvalue weighted by atomic mass is 16.1. The monoisotopic (exact) mass is 251 g/mol. The predicted octanol–water partition coefficient (Wildman–Crippen LogP) is 2.94. The highest BCUT2D eigenvalue weighted by Crippen LogP contribution is 2.25. The van der Waals surface area contributed by atoms with Gasteiger partial charge in [0.05, 0.1) is 0 Å². The van der Waals surface area contributed by atoms with Gasteiger partial charge < -0.3 is 0 Å². The van der Waals surface area contributed by atoms with Crippen LogP contribution in [0.15, 0.2) is 48.5 Å². The van der Waals surface area contributed by atoms with Crippen molar-refractivity contribution in [1.29, 1.82) is 0 Å².